The van der Waals surface area contributed by atoms with Gasteiger partial charge in [-0.25, -0.2) is 14.4 Å². The molecule has 0 saturated heterocycles. The van der Waals surface area contributed by atoms with Crippen molar-refractivity contribution in [2.75, 3.05) is 13.7 Å². The van der Waals surface area contributed by atoms with Gasteiger partial charge in [0.25, 0.3) is 0 Å². The molecule has 17 heavy (non-hydrogen) atoms. The highest BCUT2D eigenvalue weighted by Gasteiger charge is 2.18. The number of benzene rings is 1. The van der Waals surface area contributed by atoms with Gasteiger partial charge in [0.05, 0.1) is 25.4 Å². The van der Waals surface area contributed by atoms with Gasteiger partial charge in [-0.3, -0.25) is 0 Å². The average Bonchev–Trinajstić information content (AvgIpc) is 2.37. The van der Waals surface area contributed by atoms with Crippen LogP contribution in [-0.2, 0) is 0 Å². The minimum absolute atomic E-state index is 0.0728. The van der Waals surface area contributed by atoms with Gasteiger partial charge in [-0.15, -0.1) is 0 Å². The summed E-state index contributed by atoms with van der Waals surface area (Å²) in [4.78, 5) is 8.05. The van der Waals surface area contributed by atoms with E-state index in [1.165, 1.54) is 25.4 Å². The van der Waals surface area contributed by atoms with Crippen LogP contribution in [0.5, 0.6) is 5.88 Å². The largest absolute Gasteiger partial charge is 0.480 e. The minimum atomic E-state index is -1.33. The second-order valence-electron chi connectivity index (χ2n) is 3.44. The predicted octanol–water partition coefficient (Wildman–Crippen LogP) is 0.803. The molecule has 0 aliphatic heterocycles. The van der Waals surface area contributed by atoms with Gasteiger partial charge in [-0.2, -0.15) is 0 Å². The molecule has 0 radical (unpaired) electrons. The zero-order valence-corrected chi connectivity index (χ0v) is 9.09. The molecule has 2 rings (SSSR count). The molecule has 1 atom stereocenters. The van der Waals surface area contributed by atoms with Crippen LogP contribution in [0.25, 0.3) is 11.0 Å². The first kappa shape index (κ1) is 11.7. The Bertz CT molecular complexity index is 547. The van der Waals surface area contributed by atoms with Crippen molar-refractivity contribution in [1.29, 1.82) is 0 Å². The first-order valence-corrected chi connectivity index (χ1v) is 4.95. The second-order valence-corrected chi connectivity index (χ2v) is 3.44. The number of hydrogen-bond acceptors (Lipinski definition) is 5. The Morgan fingerprint density at radius 2 is 2.24 bits per heavy atom. The number of nitrogens with zero attached hydrogens (tertiary/aromatic N) is 2. The Morgan fingerprint density at radius 1 is 1.47 bits per heavy atom. The number of aliphatic hydroxyl groups excluding tert-OH is 2. The molecule has 6 heteroatoms. The third-order valence-electron chi connectivity index (χ3n) is 2.39. The maximum Gasteiger partial charge on any atom is 0.232 e. The molecule has 2 N–H and O–H groups in total. The molecule has 0 unspecified atom stereocenters. The van der Waals surface area contributed by atoms with Gasteiger partial charge in [0.1, 0.15) is 17.4 Å². The van der Waals surface area contributed by atoms with E-state index in [1.54, 1.807) is 0 Å². The van der Waals surface area contributed by atoms with Crippen LogP contribution < -0.4 is 4.74 Å². The monoisotopic (exact) mass is 238 g/mol. The highest BCUT2D eigenvalue weighted by atomic mass is 19.1. The fourth-order valence-electron chi connectivity index (χ4n) is 1.56. The van der Waals surface area contributed by atoms with E-state index < -0.39 is 18.5 Å². The van der Waals surface area contributed by atoms with E-state index >= 15 is 0 Å². The van der Waals surface area contributed by atoms with E-state index in [0.29, 0.717) is 5.52 Å². The molecule has 2 aromatic rings. The number of halogens is 1. The summed E-state index contributed by atoms with van der Waals surface area (Å²) in [5, 5.41) is 18.5. The first-order valence-electron chi connectivity index (χ1n) is 4.95. The van der Waals surface area contributed by atoms with Crippen LogP contribution in [0.1, 0.15) is 11.7 Å². The van der Waals surface area contributed by atoms with Gasteiger partial charge in [0.2, 0.25) is 5.88 Å². The van der Waals surface area contributed by atoms with Crippen molar-refractivity contribution in [3.8, 4) is 5.88 Å². The van der Waals surface area contributed by atoms with Crippen LogP contribution in [0.3, 0.4) is 0 Å². The zero-order chi connectivity index (χ0) is 12.4. The maximum atomic E-state index is 13.6. The number of ether oxygens (including phenoxy) is 1. The highest BCUT2D eigenvalue weighted by molar-refractivity contribution is 5.78. The van der Waals surface area contributed by atoms with E-state index in [2.05, 4.69) is 9.97 Å². The summed E-state index contributed by atoms with van der Waals surface area (Å²) in [5.41, 5.74) is 0.539. The molecule has 0 fully saturated rings. The maximum absolute atomic E-state index is 13.6. The SMILES string of the molecule is COc1cnc2ccc(F)c([C@@H](O)CO)c2n1. The summed E-state index contributed by atoms with van der Waals surface area (Å²) in [5.74, 6) is -0.420. The Kier molecular flexibility index (Phi) is 3.16. The second kappa shape index (κ2) is 4.60. The van der Waals surface area contributed by atoms with Crippen molar-refractivity contribution < 1.29 is 19.3 Å². The predicted molar refractivity (Wildman–Crippen MR) is 58.1 cm³/mol. The third-order valence-corrected chi connectivity index (χ3v) is 2.39. The highest BCUT2D eigenvalue weighted by Crippen LogP contribution is 2.25. The van der Waals surface area contributed by atoms with Crippen molar-refractivity contribution in [3.05, 3.63) is 29.7 Å². The minimum Gasteiger partial charge on any atom is -0.480 e. The number of fused-ring (bicyclic) bond motifs is 1. The lowest BCUT2D eigenvalue weighted by Crippen LogP contribution is -2.07. The Hall–Kier alpha value is -1.79. The molecule has 0 saturated carbocycles. The molecule has 0 bridgehead atoms. The van der Waals surface area contributed by atoms with E-state index in [1.807, 2.05) is 0 Å². The smallest absolute Gasteiger partial charge is 0.232 e. The fourth-order valence-corrected chi connectivity index (χ4v) is 1.56. The number of methoxy groups -OCH3 is 1. The summed E-state index contributed by atoms with van der Waals surface area (Å²) in [6.45, 7) is -0.588. The number of aliphatic hydroxyl groups is 2. The summed E-state index contributed by atoms with van der Waals surface area (Å²) in [7, 11) is 1.41. The van der Waals surface area contributed by atoms with Crippen LogP contribution in [-0.4, -0.2) is 33.9 Å². The summed E-state index contributed by atoms with van der Waals surface area (Å²) in [6, 6.07) is 2.63. The average molecular weight is 238 g/mol. The van der Waals surface area contributed by atoms with Gasteiger partial charge in [0.15, 0.2) is 0 Å². The topological polar surface area (TPSA) is 75.5 Å². The zero-order valence-electron chi connectivity index (χ0n) is 9.09. The van der Waals surface area contributed by atoms with Crippen LogP contribution >= 0.6 is 0 Å². The van der Waals surface area contributed by atoms with Gasteiger partial charge in [-0.05, 0) is 12.1 Å². The molecule has 0 amide bonds. The van der Waals surface area contributed by atoms with Crippen molar-refractivity contribution in [3.63, 3.8) is 0 Å². The van der Waals surface area contributed by atoms with Crippen LogP contribution in [0.4, 0.5) is 4.39 Å². The Morgan fingerprint density at radius 3 is 2.88 bits per heavy atom. The van der Waals surface area contributed by atoms with Gasteiger partial charge in [-0.1, -0.05) is 0 Å². The summed E-state index contributed by atoms with van der Waals surface area (Å²) in [6.07, 6.45) is 0.0649. The lowest BCUT2D eigenvalue weighted by atomic mass is 10.1. The lowest BCUT2D eigenvalue weighted by Gasteiger charge is -2.11. The van der Waals surface area contributed by atoms with Crippen LogP contribution in [0, 0.1) is 5.82 Å². The third kappa shape index (κ3) is 2.04. The quantitative estimate of drug-likeness (QED) is 0.827. The first-order chi connectivity index (χ1) is 8.17. The molecule has 0 aliphatic carbocycles. The molecule has 1 aromatic carbocycles. The molecule has 5 nitrogen and oxygen atoms in total. The molecule has 1 heterocycles. The molecule has 90 valence electrons. The van der Waals surface area contributed by atoms with E-state index in [4.69, 9.17) is 9.84 Å². The number of rotatable bonds is 3. The standard InChI is InChI=1S/C11H11FN2O3/c1-17-9-4-13-7-3-2-6(12)10(8(16)5-15)11(7)14-9/h2-4,8,15-16H,5H2,1H3/t8-/m0/s1. The molecule has 1 aromatic heterocycles. The molecular weight excluding hydrogens is 227 g/mol. The van der Waals surface area contributed by atoms with Gasteiger partial charge < -0.3 is 14.9 Å². The lowest BCUT2D eigenvalue weighted by molar-refractivity contribution is 0.0936. The fraction of sp³-hybridized carbons (Fsp3) is 0.273. The van der Waals surface area contributed by atoms with Crippen molar-refractivity contribution >= 4 is 11.0 Å². The molecule has 0 spiro atoms. The van der Waals surface area contributed by atoms with Crippen molar-refractivity contribution in [2.24, 2.45) is 0 Å². The van der Waals surface area contributed by atoms with E-state index in [-0.39, 0.29) is 17.0 Å². The summed E-state index contributed by atoms with van der Waals surface area (Å²) < 4.78 is 18.5. The van der Waals surface area contributed by atoms with E-state index in [0.717, 1.165) is 0 Å². The van der Waals surface area contributed by atoms with Gasteiger partial charge >= 0.3 is 0 Å². The van der Waals surface area contributed by atoms with Crippen LogP contribution in [0.15, 0.2) is 18.3 Å². The molecular formula is C11H11FN2O3. The number of hydrogen-bond donors (Lipinski definition) is 2. The van der Waals surface area contributed by atoms with Gasteiger partial charge in [0, 0.05) is 5.56 Å². The van der Waals surface area contributed by atoms with Crippen molar-refractivity contribution in [1.82, 2.24) is 9.97 Å². The Balaban J connectivity index is 2.73. The summed E-state index contributed by atoms with van der Waals surface area (Å²) >= 11 is 0. The Labute approximate surface area is 96.5 Å². The van der Waals surface area contributed by atoms with E-state index in [9.17, 15) is 9.50 Å². The molecule has 0 aliphatic rings. The normalized spacial score (nSPS) is 12.7. The van der Waals surface area contributed by atoms with Crippen LogP contribution in [0.2, 0.25) is 0 Å². The number of aromatic nitrogens is 2. The van der Waals surface area contributed by atoms with Crippen molar-refractivity contribution in [2.45, 2.75) is 6.10 Å².